The molecule has 0 amide bonds. The molecule has 0 fully saturated rings. The molecule has 0 saturated heterocycles. The minimum absolute atomic E-state index is 0.187. The van der Waals surface area contributed by atoms with Gasteiger partial charge in [0.15, 0.2) is 5.75 Å². The topological polar surface area (TPSA) is 103 Å². The average Bonchev–Trinajstić information content (AvgIpc) is 2.49. The minimum Gasteiger partial charge on any atom is -0.503 e. The van der Waals surface area contributed by atoms with E-state index in [4.69, 9.17) is 5.11 Å². The molecule has 0 aliphatic rings. The molecule has 1 rings (SSSR count). The fourth-order valence-corrected chi connectivity index (χ4v) is 2.31. The fraction of sp³-hybridized carbons (Fsp3) is 0.600. The van der Waals surface area contributed by atoms with E-state index in [1.54, 1.807) is 0 Å². The van der Waals surface area contributed by atoms with Crippen LogP contribution in [0, 0.1) is 0 Å². The number of aliphatic hydroxyl groups excluding tert-OH is 1. The zero-order valence-corrected chi connectivity index (χ0v) is 13.1. The smallest absolute Gasteiger partial charge is 0.323 e. The summed E-state index contributed by atoms with van der Waals surface area (Å²) < 4.78 is 1.30. The Kier molecular flexibility index (Phi) is 7.07. The number of carboxylic acid groups (broad SMARTS) is 1. The maximum Gasteiger partial charge on any atom is 0.323 e. The lowest BCUT2D eigenvalue weighted by molar-refractivity contribution is -0.137. The summed E-state index contributed by atoms with van der Waals surface area (Å²) in [5.41, 5.74) is -0.184. The first-order chi connectivity index (χ1) is 10.4. The highest BCUT2D eigenvalue weighted by molar-refractivity contribution is 5.67. The van der Waals surface area contributed by atoms with Gasteiger partial charge in [0.25, 0.3) is 0 Å². The van der Waals surface area contributed by atoms with E-state index in [-0.39, 0.29) is 17.9 Å². The third-order valence-corrected chi connectivity index (χ3v) is 3.58. The van der Waals surface area contributed by atoms with E-state index in [1.165, 1.54) is 4.57 Å². The highest BCUT2D eigenvalue weighted by atomic mass is 16.4. The summed E-state index contributed by atoms with van der Waals surface area (Å²) in [7, 11) is 0. The van der Waals surface area contributed by atoms with E-state index in [0.29, 0.717) is 6.54 Å². The van der Waals surface area contributed by atoms with Crippen molar-refractivity contribution >= 4 is 5.97 Å². The van der Waals surface area contributed by atoms with Gasteiger partial charge in [-0.05, 0) is 19.5 Å². The molecule has 0 saturated carbocycles. The number of aromatic nitrogens is 1. The first-order valence-corrected chi connectivity index (χ1v) is 7.44. The Balaban J connectivity index is 3.26. The van der Waals surface area contributed by atoms with Crippen molar-refractivity contribution in [3.05, 3.63) is 27.7 Å². The molecule has 1 aromatic heterocycles. The van der Waals surface area contributed by atoms with E-state index in [0.717, 1.165) is 25.5 Å². The zero-order chi connectivity index (χ0) is 16.7. The van der Waals surface area contributed by atoms with Crippen molar-refractivity contribution in [2.45, 2.75) is 46.4 Å². The van der Waals surface area contributed by atoms with Crippen LogP contribution >= 0.6 is 0 Å². The molecule has 0 spiro atoms. The summed E-state index contributed by atoms with van der Waals surface area (Å²) in [6.07, 6.45) is 1.98. The molecule has 1 heterocycles. The Morgan fingerprint density at radius 1 is 1.36 bits per heavy atom. The molecule has 22 heavy (non-hydrogen) atoms. The van der Waals surface area contributed by atoms with E-state index < -0.39 is 30.3 Å². The number of hydrogen-bond donors (Lipinski definition) is 3. The van der Waals surface area contributed by atoms with E-state index >= 15 is 0 Å². The second-order valence-corrected chi connectivity index (χ2v) is 5.16. The molecule has 0 bridgehead atoms. The van der Waals surface area contributed by atoms with Gasteiger partial charge in [-0.3, -0.25) is 14.5 Å². The van der Waals surface area contributed by atoms with Crippen LogP contribution < -0.4 is 5.43 Å². The van der Waals surface area contributed by atoms with Gasteiger partial charge in [0.05, 0.1) is 12.3 Å². The number of aliphatic carboxylic acids is 1. The van der Waals surface area contributed by atoms with Crippen LogP contribution in [0.4, 0.5) is 0 Å². The molecule has 0 atom stereocenters. The Bertz CT molecular complexity index is 568. The van der Waals surface area contributed by atoms with Crippen molar-refractivity contribution in [1.82, 2.24) is 9.47 Å². The largest absolute Gasteiger partial charge is 0.503 e. The van der Waals surface area contributed by atoms with Gasteiger partial charge in [0.1, 0.15) is 6.54 Å². The summed E-state index contributed by atoms with van der Waals surface area (Å²) >= 11 is 0. The van der Waals surface area contributed by atoms with Crippen molar-refractivity contribution in [3.8, 4) is 5.75 Å². The van der Waals surface area contributed by atoms with Gasteiger partial charge in [-0.2, -0.15) is 0 Å². The summed E-state index contributed by atoms with van der Waals surface area (Å²) in [6, 6.07) is 1.07. The van der Waals surface area contributed by atoms with E-state index in [2.05, 4.69) is 6.92 Å². The van der Waals surface area contributed by atoms with Gasteiger partial charge in [-0.15, -0.1) is 0 Å². The van der Waals surface area contributed by atoms with Crippen LogP contribution in [0.5, 0.6) is 5.75 Å². The van der Waals surface area contributed by atoms with Gasteiger partial charge in [-0.1, -0.05) is 20.3 Å². The van der Waals surface area contributed by atoms with Crippen LogP contribution in [-0.4, -0.2) is 43.8 Å². The SMILES string of the molecule is CCCCN(CC)Cc1c(O)c(=O)cc(CO)n1CC(=O)O. The normalized spacial score (nSPS) is 11.1. The van der Waals surface area contributed by atoms with Crippen LogP contribution in [-0.2, 0) is 24.5 Å². The number of unbranched alkanes of at least 4 members (excludes halogenated alkanes) is 1. The van der Waals surface area contributed by atoms with Crippen molar-refractivity contribution in [2.75, 3.05) is 13.1 Å². The highest BCUT2D eigenvalue weighted by Gasteiger charge is 2.18. The van der Waals surface area contributed by atoms with E-state index in [1.807, 2.05) is 11.8 Å². The van der Waals surface area contributed by atoms with Crippen molar-refractivity contribution in [3.63, 3.8) is 0 Å². The number of pyridine rings is 1. The molecule has 7 nitrogen and oxygen atoms in total. The van der Waals surface area contributed by atoms with Crippen LogP contribution in [0.1, 0.15) is 38.1 Å². The van der Waals surface area contributed by atoms with Crippen LogP contribution in [0.25, 0.3) is 0 Å². The Morgan fingerprint density at radius 2 is 2.05 bits per heavy atom. The number of carbonyl (C=O) groups is 1. The predicted molar refractivity (Wildman–Crippen MR) is 81.8 cm³/mol. The molecular weight excluding hydrogens is 288 g/mol. The van der Waals surface area contributed by atoms with E-state index in [9.17, 15) is 19.8 Å². The van der Waals surface area contributed by atoms with Crippen molar-refractivity contribution in [2.24, 2.45) is 0 Å². The zero-order valence-electron chi connectivity index (χ0n) is 13.1. The lowest BCUT2D eigenvalue weighted by atomic mass is 10.2. The van der Waals surface area contributed by atoms with Gasteiger partial charge < -0.3 is 19.9 Å². The summed E-state index contributed by atoms with van der Waals surface area (Å²) in [4.78, 5) is 24.9. The monoisotopic (exact) mass is 312 g/mol. The molecule has 0 aliphatic carbocycles. The molecule has 0 aliphatic heterocycles. The second kappa shape index (κ2) is 8.55. The molecule has 7 heteroatoms. The second-order valence-electron chi connectivity index (χ2n) is 5.16. The first kappa shape index (κ1) is 18.2. The number of aromatic hydroxyl groups is 1. The van der Waals surface area contributed by atoms with Crippen molar-refractivity contribution < 1.29 is 20.1 Å². The lowest BCUT2D eigenvalue weighted by Crippen LogP contribution is -2.29. The first-order valence-electron chi connectivity index (χ1n) is 7.44. The van der Waals surface area contributed by atoms with Gasteiger partial charge >= 0.3 is 5.97 Å². The van der Waals surface area contributed by atoms with Gasteiger partial charge in [0.2, 0.25) is 5.43 Å². The highest BCUT2D eigenvalue weighted by Crippen LogP contribution is 2.18. The summed E-state index contributed by atoms with van der Waals surface area (Å²) in [5, 5.41) is 28.4. The average molecular weight is 312 g/mol. The molecule has 124 valence electrons. The predicted octanol–water partition coefficient (Wildman–Crippen LogP) is 0.753. The molecular formula is C15H24N2O5. The summed E-state index contributed by atoms with van der Waals surface area (Å²) in [6.45, 7) is 4.92. The quantitative estimate of drug-likeness (QED) is 0.622. The molecule has 3 N–H and O–H groups in total. The number of aliphatic hydroxyl groups is 1. The van der Waals surface area contributed by atoms with Crippen LogP contribution in [0.15, 0.2) is 10.9 Å². The summed E-state index contributed by atoms with van der Waals surface area (Å²) in [5.74, 6) is -1.55. The third kappa shape index (κ3) is 4.57. The standard InChI is InChI=1S/C15H24N2O5/c1-3-5-6-16(4-2)8-12-15(22)13(19)7-11(10-18)17(12)9-14(20)21/h7,18,22H,3-6,8-10H2,1-2H3,(H,20,21). The van der Waals surface area contributed by atoms with Gasteiger partial charge in [-0.25, -0.2) is 0 Å². The molecule has 1 aromatic rings. The Morgan fingerprint density at radius 3 is 2.55 bits per heavy atom. The fourth-order valence-electron chi connectivity index (χ4n) is 2.31. The lowest BCUT2D eigenvalue weighted by Gasteiger charge is -2.24. The van der Waals surface area contributed by atoms with Crippen LogP contribution in [0.3, 0.4) is 0 Å². The maximum absolute atomic E-state index is 11.8. The minimum atomic E-state index is -1.10. The number of hydrogen-bond acceptors (Lipinski definition) is 5. The maximum atomic E-state index is 11.8. The van der Waals surface area contributed by atoms with Crippen molar-refractivity contribution in [1.29, 1.82) is 0 Å². The number of carboxylic acids is 1. The van der Waals surface area contributed by atoms with Crippen LogP contribution in [0.2, 0.25) is 0 Å². The Labute approximate surface area is 129 Å². The molecule has 0 unspecified atom stereocenters. The Hall–Kier alpha value is -1.86. The number of rotatable bonds is 9. The molecule has 0 aromatic carbocycles. The third-order valence-electron chi connectivity index (χ3n) is 3.58. The van der Waals surface area contributed by atoms with Gasteiger partial charge in [0, 0.05) is 18.3 Å². The number of nitrogens with zero attached hydrogens (tertiary/aromatic N) is 2. The molecule has 0 radical (unpaired) electrons.